The Morgan fingerprint density at radius 1 is 0.974 bits per heavy atom. The van der Waals surface area contributed by atoms with Crippen molar-refractivity contribution in [2.24, 2.45) is 67.9 Å². The number of nitrogens with one attached hydrogen (secondary N) is 1. The van der Waals surface area contributed by atoms with Gasteiger partial charge in [0.05, 0.1) is 5.41 Å². The Labute approximate surface area is 234 Å². The van der Waals surface area contributed by atoms with Gasteiger partial charge in [-0.2, -0.15) is 0 Å². The molecule has 0 radical (unpaired) electrons. The van der Waals surface area contributed by atoms with E-state index in [1.165, 1.54) is 36.8 Å². The Balaban J connectivity index is 1.32. The average molecular weight is 533 g/mol. The van der Waals surface area contributed by atoms with E-state index in [0.29, 0.717) is 40.8 Å². The Kier molecular flexibility index (Phi) is 6.26. The number of carboxylic acid groups (broad SMARTS) is 1. The molecule has 0 spiro atoms. The molecule has 6 heteroatoms. The quantitative estimate of drug-likeness (QED) is 0.157. The molecular weight excluding hydrogens is 484 g/mol. The Hall–Kier alpha value is -2.34. The van der Waals surface area contributed by atoms with Gasteiger partial charge in [0.2, 0.25) is 0 Å². The van der Waals surface area contributed by atoms with Crippen molar-refractivity contribution in [3.8, 4) is 0 Å². The van der Waals surface area contributed by atoms with E-state index in [2.05, 4.69) is 62.6 Å². The van der Waals surface area contributed by atoms with Gasteiger partial charge in [0.15, 0.2) is 5.84 Å². The van der Waals surface area contributed by atoms with Crippen LogP contribution in [0.3, 0.4) is 0 Å². The minimum absolute atomic E-state index is 0.0400. The van der Waals surface area contributed by atoms with Crippen molar-refractivity contribution in [2.75, 3.05) is 0 Å². The first-order chi connectivity index (χ1) is 18.5. The molecule has 8 unspecified atom stereocenters. The van der Waals surface area contributed by atoms with Crippen molar-refractivity contribution in [2.45, 2.75) is 91.9 Å². The lowest BCUT2D eigenvalue weighted by atomic mass is 9.36. The molecule has 6 N–H and O–H groups in total. The number of hydrogen-bond donors (Lipinski definition) is 4. The second-order valence-corrected chi connectivity index (χ2v) is 14.8. The highest BCUT2D eigenvalue weighted by Crippen LogP contribution is 2.73. The molecule has 6 rings (SSSR count). The van der Waals surface area contributed by atoms with Gasteiger partial charge in [0.1, 0.15) is 0 Å². The van der Waals surface area contributed by atoms with Gasteiger partial charge in [-0.15, -0.1) is 5.10 Å². The molecule has 4 saturated carbocycles. The number of hydrazine groups is 1. The number of hydrazone groups is 1. The first-order valence-corrected chi connectivity index (χ1v) is 15.3. The van der Waals surface area contributed by atoms with Crippen LogP contribution < -0.4 is 17.1 Å². The molecular formula is C33H48N4O2. The lowest BCUT2D eigenvalue weighted by molar-refractivity contribution is -0.187. The molecule has 0 aromatic heterocycles. The van der Waals surface area contributed by atoms with Crippen LogP contribution in [0.1, 0.15) is 103 Å². The van der Waals surface area contributed by atoms with E-state index in [0.717, 1.165) is 44.1 Å². The average Bonchev–Trinajstić information content (AvgIpc) is 3.35. The van der Waals surface area contributed by atoms with Crippen molar-refractivity contribution in [3.05, 3.63) is 41.5 Å². The van der Waals surface area contributed by atoms with Crippen LogP contribution in [0, 0.1) is 51.2 Å². The Bertz CT molecular complexity index is 1220. The standard InChI is InChI=1S/C33H48N4O2/c1-30(2)23(20-7-5-8-21(19-20)28(34)36-37-35)12-16-32(4)26(30)14-17-31(3)24-13-18-33(29(38)39)15-6-9-25(33)22(24)10-11-27(31)32/h5,7-8,12,19,22,24-27,37H,6,9-11,13-18,35H2,1-4H3,(H2,34,36)(H,38,39). The number of nitrogens with two attached hydrogens (primary N) is 2. The molecule has 0 aliphatic heterocycles. The van der Waals surface area contributed by atoms with Crippen molar-refractivity contribution in [1.29, 1.82) is 0 Å². The third-order valence-electron chi connectivity index (χ3n) is 13.2. The van der Waals surface area contributed by atoms with Gasteiger partial charge in [-0.1, -0.05) is 58.4 Å². The maximum absolute atomic E-state index is 12.5. The van der Waals surface area contributed by atoms with E-state index in [-0.39, 0.29) is 10.8 Å². The zero-order valence-electron chi connectivity index (χ0n) is 24.3. The van der Waals surface area contributed by atoms with Crippen molar-refractivity contribution >= 4 is 17.4 Å². The fourth-order valence-corrected chi connectivity index (χ4v) is 11.7. The number of rotatable bonds is 4. The molecule has 8 atom stereocenters. The number of benzene rings is 1. The van der Waals surface area contributed by atoms with E-state index in [4.69, 9.17) is 11.6 Å². The van der Waals surface area contributed by atoms with Crippen LogP contribution in [0.4, 0.5) is 0 Å². The topological polar surface area (TPSA) is 114 Å². The minimum atomic E-state index is -0.505. The first-order valence-electron chi connectivity index (χ1n) is 15.3. The molecule has 5 aliphatic carbocycles. The van der Waals surface area contributed by atoms with E-state index < -0.39 is 11.4 Å². The third kappa shape index (κ3) is 3.69. The zero-order valence-corrected chi connectivity index (χ0v) is 24.3. The number of nitrogens with zero attached hydrogens (tertiary/aromatic N) is 1. The highest BCUT2D eigenvalue weighted by atomic mass is 16.4. The number of fused-ring (bicyclic) bond motifs is 7. The number of carbonyl (C=O) groups is 1. The van der Waals surface area contributed by atoms with Gasteiger partial charge in [-0.05, 0) is 121 Å². The third-order valence-corrected chi connectivity index (χ3v) is 13.2. The number of hydrogen-bond acceptors (Lipinski definition) is 4. The second-order valence-electron chi connectivity index (χ2n) is 14.8. The molecule has 1 aromatic carbocycles. The van der Waals surface area contributed by atoms with Gasteiger partial charge in [-0.25, -0.2) is 11.4 Å². The van der Waals surface area contributed by atoms with Crippen LogP contribution in [0.2, 0.25) is 0 Å². The summed E-state index contributed by atoms with van der Waals surface area (Å²) < 4.78 is 0. The highest BCUT2D eigenvalue weighted by Gasteiger charge is 2.66. The summed E-state index contributed by atoms with van der Waals surface area (Å²) in [6.45, 7) is 10.1. The Morgan fingerprint density at radius 3 is 2.51 bits per heavy atom. The van der Waals surface area contributed by atoms with Crippen molar-refractivity contribution in [3.63, 3.8) is 0 Å². The summed E-state index contributed by atoms with van der Waals surface area (Å²) >= 11 is 0. The molecule has 0 saturated heterocycles. The molecule has 6 nitrogen and oxygen atoms in total. The van der Waals surface area contributed by atoms with Gasteiger partial charge < -0.3 is 10.8 Å². The summed E-state index contributed by atoms with van der Waals surface area (Å²) in [5, 5.41) is 14.3. The van der Waals surface area contributed by atoms with Gasteiger partial charge >= 0.3 is 5.97 Å². The zero-order chi connectivity index (χ0) is 27.8. The van der Waals surface area contributed by atoms with Crippen LogP contribution in [-0.2, 0) is 4.79 Å². The monoisotopic (exact) mass is 532 g/mol. The normalized spacial score (nSPS) is 42.8. The van der Waals surface area contributed by atoms with Crippen molar-refractivity contribution < 1.29 is 9.90 Å². The number of aliphatic carboxylic acids is 1. The second kappa shape index (κ2) is 9.09. The SMILES string of the molecule is CC1(C)C(c2cccc(/C(N)=N/NN)c2)=CCC2(C)C1CCC1(C)C3CCC4(C(=O)O)CCCC4C3CCC12. The smallest absolute Gasteiger partial charge is 0.309 e. The molecule has 1 aromatic rings. The summed E-state index contributed by atoms with van der Waals surface area (Å²) in [4.78, 5) is 12.5. The maximum Gasteiger partial charge on any atom is 0.309 e. The van der Waals surface area contributed by atoms with E-state index in [1.54, 1.807) is 0 Å². The number of amidine groups is 1. The van der Waals surface area contributed by atoms with Gasteiger partial charge in [0, 0.05) is 5.56 Å². The molecule has 0 heterocycles. The number of allylic oxidation sites excluding steroid dienone is 2. The minimum Gasteiger partial charge on any atom is -0.481 e. The summed E-state index contributed by atoms with van der Waals surface area (Å²) in [5.74, 6) is 8.22. The van der Waals surface area contributed by atoms with E-state index in [1.807, 2.05) is 6.07 Å². The van der Waals surface area contributed by atoms with E-state index >= 15 is 0 Å². The Morgan fingerprint density at radius 2 is 1.77 bits per heavy atom. The van der Waals surface area contributed by atoms with Gasteiger partial charge in [-0.3, -0.25) is 4.79 Å². The summed E-state index contributed by atoms with van der Waals surface area (Å²) in [7, 11) is 0. The summed E-state index contributed by atoms with van der Waals surface area (Å²) in [6, 6.07) is 8.41. The largest absolute Gasteiger partial charge is 0.481 e. The van der Waals surface area contributed by atoms with Crippen LogP contribution in [-0.4, -0.2) is 16.9 Å². The molecule has 39 heavy (non-hydrogen) atoms. The lowest BCUT2D eigenvalue weighted by Crippen LogP contribution is -2.61. The molecule has 5 aliphatic rings. The predicted octanol–water partition coefficient (Wildman–Crippen LogP) is 6.31. The fourth-order valence-electron chi connectivity index (χ4n) is 11.7. The highest BCUT2D eigenvalue weighted by molar-refractivity contribution is 5.98. The van der Waals surface area contributed by atoms with Crippen molar-refractivity contribution in [1.82, 2.24) is 5.53 Å². The van der Waals surface area contributed by atoms with E-state index in [9.17, 15) is 9.90 Å². The van der Waals surface area contributed by atoms with Crippen LogP contribution in [0.15, 0.2) is 35.4 Å². The van der Waals surface area contributed by atoms with Gasteiger partial charge in [0.25, 0.3) is 0 Å². The molecule has 4 fully saturated rings. The van der Waals surface area contributed by atoms with Crippen LogP contribution >= 0.6 is 0 Å². The molecule has 0 bridgehead atoms. The van der Waals surface area contributed by atoms with Crippen LogP contribution in [0.25, 0.3) is 5.57 Å². The summed E-state index contributed by atoms with van der Waals surface area (Å²) in [6.07, 6.45) is 13.8. The first kappa shape index (κ1) is 26.9. The number of carboxylic acids is 1. The fraction of sp³-hybridized carbons (Fsp3) is 0.697. The summed E-state index contributed by atoms with van der Waals surface area (Å²) in [5.41, 5.74) is 12.2. The maximum atomic E-state index is 12.5. The molecule has 212 valence electrons. The van der Waals surface area contributed by atoms with Crippen LogP contribution in [0.5, 0.6) is 0 Å². The lowest BCUT2D eigenvalue weighted by Gasteiger charge is -2.68. The predicted molar refractivity (Wildman–Crippen MR) is 156 cm³/mol. The molecule has 0 amide bonds.